The van der Waals surface area contributed by atoms with Gasteiger partial charge in [-0.05, 0) is 22.7 Å². The molecule has 1 aromatic carbocycles. The molecule has 0 saturated heterocycles. The van der Waals surface area contributed by atoms with Gasteiger partial charge in [0.1, 0.15) is 0 Å². The summed E-state index contributed by atoms with van der Waals surface area (Å²) in [6.45, 7) is 12.9. The van der Waals surface area contributed by atoms with Crippen LogP contribution < -0.4 is 0 Å². The smallest absolute Gasteiger partial charge is 0.176 e. The van der Waals surface area contributed by atoms with Crippen LogP contribution in [0, 0.1) is 24.3 Å². The predicted molar refractivity (Wildman–Crippen MR) is 73.4 cm³/mol. The molecule has 0 aliphatic rings. The molecule has 0 atom stereocenters. The van der Waals surface area contributed by atoms with Gasteiger partial charge in [0.2, 0.25) is 0 Å². The van der Waals surface area contributed by atoms with Gasteiger partial charge in [-0.15, -0.1) is 17.7 Å². The summed E-state index contributed by atoms with van der Waals surface area (Å²) in [4.78, 5) is 6.97. The predicted octanol–water partition coefficient (Wildman–Crippen LogP) is 4.67. The van der Waals surface area contributed by atoms with Crippen molar-refractivity contribution in [1.29, 1.82) is 0 Å². The van der Waals surface area contributed by atoms with Gasteiger partial charge in [-0.2, -0.15) is 0 Å². The van der Waals surface area contributed by atoms with Gasteiger partial charge in [0, 0.05) is 37.9 Å². The van der Waals surface area contributed by atoms with Crippen molar-refractivity contribution < 1.29 is 28.9 Å². The van der Waals surface area contributed by atoms with Crippen molar-refractivity contribution in [2.45, 2.75) is 26.2 Å². The molecule has 0 aliphatic carbocycles. The van der Waals surface area contributed by atoms with Gasteiger partial charge in [0.15, 0.2) is 5.69 Å². The van der Waals surface area contributed by atoms with Crippen LogP contribution in [0.3, 0.4) is 0 Å². The number of hydrogen-bond acceptors (Lipinski definition) is 1. The van der Waals surface area contributed by atoms with Gasteiger partial charge in [-0.3, -0.25) is 13.6 Å². The Bertz CT molecular complexity index is 700. The number of benzene rings is 1. The Balaban J connectivity index is 0.00000220. The van der Waals surface area contributed by atoms with Crippen molar-refractivity contribution in [2.75, 3.05) is 0 Å². The Hall–Kier alpha value is -1.63. The van der Waals surface area contributed by atoms with Gasteiger partial charge >= 0.3 is 0 Å². The average Bonchev–Trinajstić information content (AvgIpc) is 2.38. The fraction of sp³-hybridized carbons (Fsp3) is 0.250. The zero-order chi connectivity index (χ0) is 14.9. The fourth-order valence-electron chi connectivity index (χ4n) is 1.81. The molecule has 0 aliphatic heterocycles. The maximum absolute atomic E-state index is 14.1. The molecular weight excluding hydrogens is 450 g/mol. The molecule has 0 fully saturated rings. The average molecular weight is 464 g/mol. The normalized spacial score (nSPS) is 10.7. The van der Waals surface area contributed by atoms with E-state index in [1.807, 2.05) is 26.8 Å². The minimum atomic E-state index is -0.918. The SMILES string of the molecule is [C-]#[N+]c1c(F)c[c-]c(-c2cc(C(C)(C)C)ccn2)c1F.[Ir]. The number of nitrogens with zero attached hydrogens (tertiary/aromatic N) is 2. The second kappa shape index (κ2) is 6.42. The van der Waals surface area contributed by atoms with E-state index in [1.54, 1.807) is 12.3 Å². The first-order valence-corrected chi connectivity index (χ1v) is 6.08. The molecule has 2 rings (SSSR count). The molecule has 1 aromatic heterocycles. The van der Waals surface area contributed by atoms with E-state index in [0.717, 1.165) is 11.6 Å². The zero-order valence-corrected chi connectivity index (χ0v) is 14.2. The van der Waals surface area contributed by atoms with Crippen molar-refractivity contribution in [1.82, 2.24) is 4.98 Å². The molecule has 2 nitrogen and oxygen atoms in total. The van der Waals surface area contributed by atoms with E-state index in [4.69, 9.17) is 6.57 Å². The minimum Gasteiger partial charge on any atom is -0.305 e. The molecule has 0 N–H and O–H groups in total. The Morgan fingerprint density at radius 1 is 1.29 bits per heavy atom. The van der Waals surface area contributed by atoms with E-state index in [2.05, 4.69) is 15.9 Å². The summed E-state index contributed by atoms with van der Waals surface area (Å²) in [5.41, 5.74) is 0.602. The van der Waals surface area contributed by atoms with Crippen LogP contribution in [-0.2, 0) is 25.5 Å². The van der Waals surface area contributed by atoms with E-state index in [1.165, 1.54) is 0 Å². The van der Waals surface area contributed by atoms with Gasteiger partial charge in [-0.25, -0.2) is 0 Å². The first-order valence-electron chi connectivity index (χ1n) is 6.08. The summed E-state index contributed by atoms with van der Waals surface area (Å²) in [5.74, 6) is -1.83. The number of halogens is 2. The van der Waals surface area contributed by atoms with E-state index in [0.29, 0.717) is 5.69 Å². The standard InChI is InChI=1S/C16H13F2N2.Ir/c1-16(2,3)10-7-8-20-13(9-10)11-5-6-12(17)15(19-4)14(11)18;/h6-9H,1-3H3;/q-1;. The van der Waals surface area contributed by atoms with Crippen molar-refractivity contribution in [3.8, 4) is 11.3 Å². The largest absolute Gasteiger partial charge is 0.305 e. The Labute approximate surface area is 136 Å². The third kappa shape index (κ3) is 3.52. The topological polar surface area (TPSA) is 17.2 Å². The molecule has 1 radical (unpaired) electrons. The summed E-state index contributed by atoms with van der Waals surface area (Å²) >= 11 is 0. The summed E-state index contributed by atoms with van der Waals surface area (Å²) in [6.07, 6.45) is 1.57. The van der Waals surface area contributed by atoms with Crippen LogP contribution in [0.5, 0.6) is 0 Å². The number of aromatic nitrogens is 1. The molecule has 21 heavy (non-hydrogen) atoms. The van der Waals surface area contributed by atoms with Gasteiger partial charge in [0.05, 0.1) is 6.57 Å². The van der Waals surface area contributed by atoms with E-state index in [-0.39, 0.29) is 31.1 Å². The molecule has 111 valence electrons. The maximum atomic E-state index is 14.1. The van der Waals surface area contributed by atoms with Crippen molar-refractivity contribution in [3.63, 3.8) is 0 Å². The van der Waals surface area contributed by atoms with Crippen molar-refractivity contribution in [2.24, 2.45) is 0 Å². The fourth-order valence-corrected chi connectivity index (χ4v) is 1.81. The number of hydrogen-bond donors (Lipinski definition) is 0. The molecule has 5 heteroatoms. The van der Waals surface area contributed by atoms with Crippen molar-refractivity contribution in [3.05, 3.63) is 59.1 Å². The molecule has 1 heterocycles. The van der Waals surface area contributed by atoms with Crippen LogP contribution in [0.4, 0.5) is 14.5 Å². The molecule has 2 aromatic rings. The zero-order valence-electron chi connectivity index (χ0n) is 11.8. The maximum Gasteiger partial charge on any atom is 0.176 e. The summed E-state index contributed by atoms with van der Waals surface area (Å²) in [6, 6.07) is 7.07. The van der Waals surface area contributed by atoms with Crippen molar-refractivity contribution >= 4 is 5.69 Å². The van der Waals surface area contributed by atoms with Crippen LogP contribution in [0.25, 0.3) is 16.1 Å². The van der Waals surface area contributed by atoms with E-state index in [9.17, 15) is 8.78 Å². The minimum absolute atomic E-state index is 0. The third-order valence-corrected chi connectivity index (χ3v) is 2.99. The third-order valence-electron chi connectivity index (χ3n) is 2.99. The number of pyridine rings is 1. The molecule has 0 amide bonds. The molecule has 0 spiro atoms. The van der Waals surface area contributed by atoms with E-state index < -0.39 is 17.3 Å². The Kier molecular flexibility index (Phi) is 5.33. The summed E-state index contributed by atoms with van der Waals surface area (Å²) in [5, 5.41) is 0. The molecule has 0 unspecified atom stereocenters. The number of rotatable bonds is 1. The summed E-state index contributed by atoms with van der Waals surface area (Å²) < 4.78 is 27.4. The second-order valence-electron chi connectivity index (χ2n) is 5.47. The first kappa shape index (κ1) is 17.4. The van der Waals surface area contributed by atoms with Gasteiger partial charge in [0.25, 0.3) is 0 Å². The first-order chi connectivity index (χ1) is 9.34. The van der Waals surface area contributed by atoms with Crippen LogP contribution >= 0.6 is 0 Å². The second-order valence-corrected chi connectivity index (χ2v) is 5.47. The van der Waals surface area contributed by atoms with E-state index >= 15 is 0 Å². The Morgan fingerprint density at radius 3 is 2.52 bits per heavy atom. The van der Waals surface area contributed by atoms with Crippen LogP contribution in [0.15, 0.2) is 24.4 Å². The quantitative estimate of drug-likeness (QED) is 0.562. The Morgan fingerprint density at radius 2 is 1.95 bits per heavy atom. The molecule has 0 bridgehead atoms. The van der Waals surface area contributed by atoms with Crippen LogP contribution in [-0.4, -0.2) is 4.98 Å². The molecule has 0 saturated carbocycles. The monoisotopic (exact) mass is 464 g/mol. The van der Waals surface area contributed by atoms with Crippen LogP contribution in [0.1, 0.15) is 26.3 Å². The molecular formula is C16H13F2IrN2-. The van der Waals surface area contributed by atoms with Gasteiger partial charge < -0.3 is 4.98 Å². The van der Waals surface area contributed by atoms with Gasteiger partial charge in [-0.1, -0.05) is 26.8 Å². The summed E-state index contributed by atoms with van der Waals surface area (Å²) in [7, 11) is 0. The van der Waals surface area contributed by atoms with Crippen LogP contribution in [0.2, 0.25) is 0 Å².